The van der Waals surface area contributed by atoms with E-state index in [4.69, 9.17) is 0 Å². The summed E-state index contributed by atoms with van der Waals surface area (Å²) >= 11 is 0. The summed E-state index contributed by atoms with van der Waals surface area (Å²) in [7, 11) is 1.47. The molecular weight excluding hydrogens is 444 g/mol. The predicted octanol–water partition coefficient (Wildman–Crippen LogP) is 2.56. The van der Waals surface area contributed by atoms with Gasteiger partial charge in [-0.25, -0.2) is 14.4 Å². The molecule has 0 aliphatic carbocycles. The van der Waals surface area contributed by atoms with E-state index in [1.807, 2.05) is 0 Å². The van der Waals surface area contributed by atoms with Crippen molar-refractivity contribution in [3.05, 3.63) is 59.4 Å². The molecule has 1 aliphatic heterocycles. The standard InChI is InChI=1S/C21H18F4N6O2/c1-3-16(32)31-8-13(22)15(9-31)29-19-17-18(28-10-30(2)20(17)33)12(7-27-19)14-5-4-11(6-26-14)21(23,24)25/h3-7,10,13,15H,1,8-9H2,2H3,(H,27,29)/t13-,15-/m0/s1. The van der Waals surface area contributed by atoms with Gasteiger partial charge < -0.3 is 14.8 Å². The number of hydrogen-bond donors (Lipinski definition) is 1. The van der Waals surface area contributed by atoms with Gasteiger partial charge in [-0.3, -0.25) is 14.6 Å². The Morgan fingerprint density at radius 3 is 2.61 bits per heavy atom. The molecule has 4 rings (SSSR count). The van der Waals surface area contributed by atoms with Crippen LogP contribution in [0.3, 0.4) is 0 Å². The normalized spacial score (nSPS) is 18.5. The Morgan fingerprint density at radius 2 is 1.97 bits per heavy atom. The molecule has 3 aromatic heterocycles. The highest BCUT2D eigenvalue weighted by atomic mass is 19.4. The van der Waals surface area contributed by atoms with Crippen molar-refractivity contribution in [2.24, 2.45) is 7.05 Å². The number of carbonyl (C=O) groups is 1. The maximum atomic E-state index is 14.6. The summed E-state index contributed by atoms with van der Waals surface area (Å²) < 4.78 is 54.4. The minimum atomic E-state index is -4.54. The smallest absolute Gasteiger partial charge is 0.362 e. The second kappa shape index (κ2) is 8.26. The summed E-state index contributed by atoms with van der Waals surface area (Å²) in [6.45, 7) is 3.30. The van der Waals surface area contributed by atoms with E-state index in [-0.39, 0.29) is 41.1 Å². The molecule has 8 nitrogen and oxygen atoms in total. The van der Waals surface area contributed by atoms with Crippen LogP contribution in [0, 0.1) is 0 Å². The molecule has 0 bridgehead atoms. The number of alkyl halides is 4. The minimum Gasteiger partial charge on any atom is -0.362 e. The zero-order chi connectivity index (χ0) is 23.9. The van der Waals surface area contributed by atoms with Gasteiger partial charge in [-0.1, -0.05) is 6.58 Å². The van der Waals surface area contributed by atoms with Gasteiger partial charge in [0.05, 0.1) is 35.7 Å². The van der Waals surface area contributed by atoms with Crippen LogP contribution in [-0.2, 0) is 18.0 Å². The lowest BCUT2D eigenvalue weighted by Gasteiger charge is -2.18. The summed E-state index contributed by atoms with van der Waals surface area (Å²) in [6, 6.07) is 1.21. The molecule has 1 fully saturated rings. The third-order valence-corrected chi connectivity index (χ3v) is 5.37. The van der Waals surface area contributed by atoms with E-state index in [1.54, 1.807) is 0 Å². The lowest BCUT2D eigenvalue weighted by atomic mass is 10.1. The molecule has 12 heteroatoms. The lowest BCUT2D eigenvalue weighted by molar-refractivity contribution is -0.137. The Bertz CT molecular complexity index is 1290. The first-order chi connectivity index (χ1) is 15.6. The highest BCUT2D eigenvalue weighted by Crippen LogP contribution is 2.32. The summed E-state index contributed by atoms with van der Waals surface area (Å²) in [6.07, 6.45) is -1.61. The third-order valence-electron chi connectivity index (χ3n) is 5.37. The van der Waals surface area contributed by atoms with Crippen molar-refractivity contribution < 1.29 is 22.4 Å². The fraction of sp³-hybridized carbons (Fsp3) is 0.286. The van der Waals surface area contributed by atoms with Crippen LogP contribution in [0.15, 0.2) is 48.3 Å². The average molecular weight is 462 g/mol. The monoisotopic (exact) mass is 462 g/mol. The molecule has 4 heterocycles. The fourth-order valence-corrected chi connectivity index (χ4v) is 3.61. The average Bonchev–Trinajstić information content (AvgIpc) is 3.15. The van der Waals surface area contributed by atoms with Gasteiger partial charge in [0.25, 0.3) is 5.56 Å². The second-order valence-electron chi connectivity index (χ2n) is 7.55. The zero-order valence-corrected chi connectivity index (χ0v) is 17.3. The number of halogens is 4. The van der Waals surface area contributed by atoms with Gasteiger partial charge in [-0.2, -0.15) is 13.2 Å². The van der Waals surface area contributed by atoms with E-state index in [9.17, 15) is 27.2 Å². The van der Waals surface area contributed by atoms with Crippen molar-refractivity contribution in [1.82, 2.24) is 24.4 Å². The summed E-state index contributed by atoms with van der Waals surface area (Å²) in [5.74, 6) is -0.365. The summed E-state index contributed by atoms with van der Waals surface area (Å²) in [5, 5.41) is 2.91. The molecule has 0 spiro atoms. The molecule has 33 heavy (non-hydrogen) atoms. The number of aromatic nitrogens is 4. The molecule has 0 saturated carbocycles. The zero-order valence-electron chi connectivity index (χ0n) is 17.3. The first-order valence-corrected chi connectivity index (χ1v) is 9.80. The molecule has 1 aliphatic rings. The van der Waals surface area contributed by atoms with Gasteiger partial charge in [0.1, 0.15) is 17.4 Å². The van der Waals surface area contributed by atoms with Gasteiger partial charge in [0.15, 0.2) is 0 Å². The first-order valence-electron chi connectivity index (χ1n) is 9.80. The Labute approximate surface area is 184 Å². The fourth-order valence-electron chi connectivity index (χ4n) is 3.61. The van der Waals surface area contributed by atoms with Crippen molar-refractivity contribution in [2.45, 2.75) is 18.4 Å². The van der Waals surface area contributed by atoms with E-state index >= 15 is 0 Å². The molecule has 2 atom stereocenters. The SMILES string of the molecule is C=CC(=O)N1C[C@H](Nc2ncc(-c3ccc(C(F)(F)F)cn3)c3ncn(C)c(=O)c23)[C@@H](F)C1. The number of aryl methyl sites for hydroxylation is 1. The Kier molecular flexibility index (Phi) is 5.60. The van der Waals surface area contributed by atoms with Crippen LogP contribution in [0.4, 0.5) is 23.4 Å². The van der Waals surface area contributed by atoms with Crippen molar-refractivity contribution in [2.75, 3.05) is 18.4 Å². The van der Waals surface area contributed by atoms with E-state index in [0.717, 1.165) is 12.1 Å². The van der Waals surface area contributed by atoms with Crippen LogP contribution in [0.5, 0.6) is 0 Å². The molecular formula is C21H18F4N6O2. The number of fused-ring (bicyclic) bond motifs is 1. The van der Waals surface area contributed by atoms with Crippen LogP contribution < -0.4 is 10.9 Å². The van der Waals surface area contributed by atoms with Gasteiger partial charge >= 0.3 is 6.18 Å². The quantitative estimate of drug-likeness (QED) is 0.473. The van der Waals surface area contributed by atoms with Crippen LogP contribution in [0.25, 0.3) is 22.2 Å². The van der Waals surface area contributed by atoms with Crippen LogP contribution >= 0.6 is 0 Å². The molecule has 0 radical (unpaired) electrons. The highest BCUT2D eigenvalue weighted by molar-refractivity contribution is 5.98. The molecule has 1 N–H and O–H groups in total. The summed E-state index contributed by atoms with van der Waals surface area (Å²) in [4.78, 5) is 38.3. The van der Waals surface area contributed by atoms with Crippen molar-refractivity contribution in [3.63, 3.8) is 0 Å². The topological polar surface area (TPSA) is 93.0 Å². The van der Waals surface area contributed by atoms with E-state index in [1.165, 1.54) is 35.1 Å². The van der Waals surface area contributed by atoms with Crippen LogP contribution in [0.2, 0.25) is 0 Å². The van der Waals surface area contributed by atoms with Crippen molar-refractivity contribution in [3.8, 4) is 11.3 Å². The van der Waals surface area contributed by atoms with Crippen LogP contribution in [-0.4, -0.2) is 55.6 Å². The molecule has 1 saturated heterocycles. The number of carbonyl (C=O) groups excluding carboxylic acids is 1. The molecule has 172 valence electrons. The van der Waals surface area contributed by atoms with Crippen molar-refractivity contribution >= 4 is 22.6 Å². The van der Waals surface area contributed by atoms with Gasteiger partial charge in [0, 0.05) is 31.5 Å². The third kappa shape index (κ3) is 4.15. The number of rotatable bonds is 4. The lowest BCUT2D eigenvalue weighted by Crippen LogP contribution is -2.32. The first kappa shape index (κ1) is 22.4. The van der Waals surface area contributed by atoms with Gasteiger partial charge in [-0.15, -0.1) is 0 Å². The number of nitrogens with zero attached hydrogens (tertiary/aromatic N) is 5. The summed E-state index contributed by atoms with van der Waals surface area (Å²) in [5.41, 5.74) is -0.876. The van der Waals surface area contributed by atoms with E-state index in [0.29, 0.717) is 6.20 Å². The van der Waals surface area contributed by atoms with Crippen molar-refractivity contribution in [1.29, 1.82) is 0 Å². The molecule has 0 aromatic carbocycles. The van der Waals surface area contributed by atoms with E-state index < -0.39 is 35.4 Å². The maximum absolute atomic E-state index is 14.6. The Balaban J connectivity index is 1.76. The number of hydrogen-bond acceptors (Lipinski definition) is 6. The van der Waals surface area contributed by atoms with Gasteiger partial charge in [-0.05, 0) is 18.2 Å². The number of pyridine rings is 2. The molecule has 3 aromatic rings. The van der Waals surface area contributed by atoms with E-state index in [2.05, 4.69) is 26.8 Å². The number of likely N-dealkylation sites (tertiary alicyclic amines) is 1. The van der Waals surface area contributed by atoms with Gasteiger partial charge in [0.2, 0.25) is 5.91 Å². The Hall–Kier alpha value is -3.83. The van der Waals surface area contributed by atoms with Crippen LogP contribution in [0.1, 0.15) is 5.56 Å². The predicted molar refractivity (Wildman–Crippen MR) is 112 cm³/mol. The Morgan fingerprint density at radius 1 is 1.21 bits per heavy atom. The number of anilines is 1. The highest BCUT2D eigenvalue weighted by Gasteiger charge is 2.35. The second-order valence-corrected chi connectivity index (χ2v) is 7.55. The largest absolute Gasteiger partial charge is 0.417 e. The number of amides is 1. The number of nitrogens with one attached hydrogen (secondary N) is 1. The molecule has 0 unspecified atom stereocenters. The maximum Gasteiger partial charge on any atom is 0.417 e. The minimum absolute atomic E-state index is 0.0277. The molecule has 1 amide bonds.